The van der Waals surface area contributed by atoms with Gasteiger partial charge in [0.25, 0.3) is 0 Å². The van der Waals surface area contributed by atoms with Gasteiger partial charge in [-0.05, 0) is 254 Å². The maximum atomic E-state index is 11.7. The van der Waals surface area contributed by atoms with Crippen LogP contribution in [0.1, 0.15) is 109 Å². The van der Waals surface area contributed by atoms with Crippen molar-refractivity contribution in [1.82, 2.24) is 0 Å². The highest BCUT2D eigenvalue weighted by Crippen LogP contribution is 2.62. The van der Waals surface area contributed by atoms with Crippen LogP contribution in [0.15, 0.2) is 317 Å². The summed E-state index contributed by atoms with van der Waals surface area (Å²) in [7, 11) is -0.0439. The average Bonchev–Trinajstić information content (AvgIpc) is 0.740. The smallest absolute Gasteiger partial charge is 0.166 e. The Morgan fingerprint density at radius 2 is 0.469 bits per heavy atom. The standard InChI is InChI=1S/3C18H15S.C11H16O3.C11H14O3.C11H16O2/c3*1-4-10-16(11-5-1)19(17-12-6-2-7-13-17)18-14-8-3-9-15-18;12-9(13)10-2-7-1-8(3-10)5-11(14,4-7)6-10;12-9-7-1-6-2-8(9)5-11(3-6,4-7)10(13)14;12-10(13)11-4-7-1-8(5-11)3-9(2-7)6-11/h3*1-15H;7-8,14H,1-6H2,(H,12,13);6-8H,1-5H2,(H,13,14);7-9H,1-6H2,(H,12,13)/q3*+1;;;/p-3. The van der Waals surface area contributed by atoms with Gasteiger partial charge >= 0.3 is 0 Å². The van der Waals surface area contributed by atoms with E-state index in [-0.39, 0.29) is 44.5 Å². The Labute approximate surface area is 587 Å². The lowest BCUT2D eigenvalue weighted by Crippen LogP contribution is -2.60. The van der Waals surface area contributed by atoms with Crippen LogP contribution in [0, 0.1) is 63.6 Å². The Balaban J connectivity index is 0.000000106. The van der Waals surface area contributed by atoms with Crippen LogP contribution in [0.4, 0.5) is 0 Å². The van der Waals surface area contributed by atoms with Crippen LogP contribution in [0.3, 0.4) is 0 Å². The maximum Gasteiger partial charge on any atom is 0.166 e. The van der Waals surface area contributed by atoms with Crippen LogP contribution in [-0.4, -0.2) is 34.4 Å². The molecule has 12 aliphatic rings. The van der Waals surface area contributed by atoms with Gasteiger partial charge in [-0.15, -0.1) is 0 Å². The highest BCUT2D eigenvalue weighted by molar-refractivity contribution is 7.97. The Kier molecular flexibility index (Phi) is 21.5. The second-order valence-corrected chi connectivity index (χ2v) is 35.4. The van der Waals surface area contributed by atoms with Crippen molar-refractivity contribution in [2.75, 3.05) is 0 Å². The number of Topliss-reactive ketones (excluding diaryl/α,β-unsaturated/α-hetero) is 1. The topological polar surface area (TPSA) is 158 Å². The first-order chi connectivity index (χ1) is 47.6. The maximum absolute atomic E-state index is 11.7. The average molecular weight is 1360 g/mol. The van der Waals surface area contributed by atoms with E-state index in [0.717, 1.165) is 70.6 Å². The lowest BCUT2D eigenvalue weighted by atomic mass is 9.48. The monoisotopic (exact) mass is 1360 g/mol. The molecule has 11 heteroatoms. The van der Waals surface area contributed by atoms with Gasteiger partial charge in [0.2, 0.25) is 0 Å². The van der Waals surface area contributed by atoms with Gasteiger partial charge in [-0.3, -0.25) is 4.79 Å². The number of carboxylic acids is 3. The molecular weight excluding hydrogens is 1270 g/mol. The molecule has 0 aromatic heterocycles. The molecule has 98 heavy (non-hydrogen) atoms. The zero-order chi connectivity index (χ0) is 67.7. The number of hydrogen-bond acceptors (Lipinski definition) is 8. The third-order valence-electron chi connectivity index (χ3n) is 22.2. The fourth-order valence-electron chi connectivity index (χ4n) is 19.0. The first kappa shape index (κ1) is 68.6. The van der Waals surface area contributed by atoms with Crippen LogP contribution in [0.5, 0.6) is 0 Å². The second kappa shape index (κ2) is 30.7. The van der Waals surface area contributed by atoms with Crippen molar-refractivity contribution < 1.29 is 39.6 Å². The summed E-state index contributed by atoms with van der Waals surface area (Å²) in [6, 6.07) is 96.5. The van der Waals surface area contributed by atoms with E-state index in [1.807, 2.05) is 0 Å². The molecule has 1 N–H and O–H groups in total. The minimum absolute atomic E-state index is 0.0146. The summed E-state index contributed by atoms with van der Waals surface area (Å²) >= 11 is 0. The lowest BCUT2D eigenvalue weighted by Gasteiger charge is -2.60. The number of carbonyl (C=O) groups excluding carboxylic acids is 4. The lowest BCUT2D eigenvalue weighted by molar-refractivity contribution is -0.331. The van der Waals surface area contributed by atoms with E-state index in [4.69, 9.17) is 0 Å². The van der Waals surface area contributed by atoms with Gasteiger partial charge in [0.15, 0.2) is 44.1 Å². The molecule has 21 rings (SSSR count). The Morgan fingerprint density at radius 1 is 0.276 bits per heavy atom. The van der Waals surface area contributed by atoms with Gasteiger partial charge < -0.3 is 34.8 Å². The van der Waals surface area contributed by atoms with Crippen molar-refractivity contribution >= 4 is 56.4 Å². The molecule has 12 aliphatic carbocycles. The van der Waals surface area contributed by atoms with E-state index in [0.29, 0.717) is 60.6 Å². The van der Waals surface area contributed by atoms with E-state index in [9.17, 15) is 39.6 Å². The summed E-state index contributed by atoms with van der Waals surface area (Å²) in [5.41, 5.74) is -2.39. The van der Waals surface area contributed by atoms with Gasteiger partial charge in [0, 0.05) is 46.0 Å². The Hall–Kier alpha value is -7.93. The van der Waals surface area contributed by atoms with Gasteiger partial charge in [-0.2, -0.15) is 0 Å². The van der Waals surface area contributed by atoms with Crippen molar-refractivity contribution in [3.8, 4) is 0 Å². The number of benzene rings is 9. The van der Waals surface area contributed by atoms with Crippen LogP contribution < -0.4 is 15.3 Å². The summed E-state index contributed by atoms with van der Waals surface area (Å²) < 4.78 is 0. The zero-order valence-electron chi connectivity index (χ0n) is 55.7. The molecule has 0 spiro atoms. The fraction of sp³-hybridized carbons (Fsp3) is 0.333. The molecule has 12 fully saturated rings. The van der Waals surface area contributed by atoms with Gasteiger partial charge in [0.05, 0.1) is 38.3 Å². The number of rotatable bonds is 12. The minimum atomic E-state index is -0.926. The van der Waals surface area contributed by atoms with Crippen molar-refractivity contribution in [3.05, 3.63) is 273 Å². The Bertz CT molecular complexity index is 3440. The number of ketones is 1. The molecule has 12 bridgehead atoms. The molecule has 9 aromatic carbocycles. The highest BCUT2D eigenvalue weighted by Gasteiger charge is 2.58. The minimum Gasteiger partial charge on any atom is -0.550 e. The number of hydrogen-bond donors (Lipinski definition) is 1. The van der Waals surface area contributed by atoms with Gasteiger partial charge in [-0.25, -0.2) is 0 Å². The summed E-state index contributed by atoms with van der Waals surface area (Å²) in [6.07, 6.45) is 15.1. The normalized spacial score (nSPS) is 28.1. The number of aliphatic carboxylic acids is 3. The molecule has 0 amide bonds. The summed E-state index contributed by atoms with van der Waals surface area (Å²) in [5.74, 6) is 1.29. The van der Waals surface area contributed by atoms with Crippen molar-refractivity contribution in [3.63, 3.8) is 0 Å². The van der Waals surface area contributed by atoms with Crippen LogP contribution in [0.2, 0.25) is 0 Å². The van der Waals surface area contributed by atoms with Gasteiger partial charge in [0.1, 0.15) is 5.78 Å². The molecule has 12 saturated carbocycles. The van der Waals surface area contributed by atoms with E-state index in [1.54, 1.807) is 0 Å². The SMILES string of the molecule is O=C([O-])C12CC3CC(CC(C3)C1)C2.O=C([O-])C12CC3CC(CC(O)(C3)C1)C2.O=C1C2CC3CC1CC(C(=O)[O-])(C3)C2.c1ccc([S+](c2ccccc2)c2ccccc2)cc1.c1ccc([S+](c2ccccc2)c2ccccc2)cc1.c1ccc([S+](c2ccccc2)c2ccccc2)cc1. The molecular formula is C87H88O8S3. The summed E-state index contributed by atoms with van der Waals surface area (Å²) in [5, 5.41) is 43.7. The van der Waals surface area contributed by atoms with Crippen LogP contribution in [-0.2, 0) is 51.9 Å². The molecule has 0 heterocycles. The largest absolute Gasteiger partial charge is 0.550 e. The third kappa shape index (κ3) is 15.7. The zero-order valence-corrected chi connectivity index (χ0v) is 58.1. The van der Waals surface area contributed by atoms with E-state index < -0.39 is 39.8 Å². The van der Waals surface area contributed by atoms with Gasteiger partial charge in [-0.1, -0.05) is 164 Å². The molecule has 4 unspecified atom stereocenters. The molecule has 0 radical (unpaired) electrons. The van der Waals surface area contributed by atoms with Crippen molar-refractivity contribution in [2.24, 2.45) is 63.6 Å². The quantitative estimate of drug-likeness (QED) is 0.118. The first-order valence-electron chi connectivity index (χ1n) is 35.2. The van der Waals surface area contributed by atoms with Crippen LogP contribution in [0.25, 0.3) is 0 Å². The highest BCUT2D eigenvalue weighted by atomic mass is 32.2. The molecule has 502 valence electrons. The fourth-order valence-corrected chi connectivity index (χ4v) is 25.4. The van der Waals surface area contributed by atoms with E-state index >= 15 is 0 Å². The predicted octanol–water partition coefficient (Wildman–Crippen LogP) is 15.5. The van der Waals surface area contributed by atoms with Crippen molar-refractivity contribution in [2.45, 2.75) is 159 Å². The van der Waals surface area contributed by atoms with Crippen molar-refractivity contribution in [1.29, 1.82) is 0 Å². The predicted molar refractivity (Wildman–Crippen MR) is 383 cm³/mol. The molecule has 4 atom stereocenters. The Morgan fingerprint density at radius 3 is 0.684 bits per heavy atom. The van der Waals surface area contributed by atoms with E-state index in [1.165, 1.54) is 63.3 Å². The molecule has 0 saturated heterocycles. The third-order valence-corrected chi connectivity index (χ3v) is 28.9. The second-order valence-electron chi connectivity index (χ2n) is 29.3. The number of carbonyl (C=O) groups is 4. The molecule has 0 aliphatic heterocycles. The summed E-state index contributed by atoms with van der Waals surface area (Å²) in [6.45, 7) is 0. The summed E-state index contributed by atoms with van der Waals surface area (Å²) in [4.78, 5) is 57.4. The van der Waals surface area contributed by atoms with E-state index in [2.05, 4.69) is 273 Å². The first-order valence-corrected chi connectivity index (χ1v) is 38.9. The molecule has 9 aromatic rings. The number of carboxylic acid groups (broad SMARTS) is 3. The number of aliphatic hydroxyl groups is 1. The van der Waals surface area contributed by atoms with Crippen LogP contribution >= 0.6 is 0 Å². The molecule has 8 nitrogen and oxygen atoms in total.